The Bertz CT molecular complexity index is 635. The molecule has 2 aliphatic rings. The fraction of sp³-hybridized carbons (Fsp3) is 0.800. The number of hydrogen-bond acceptors (Lipinski definition) is 4. The highest BCUT2D eigenvalue weighted by Crippen LogP contribution is 2.19. The van der Waals surface area contributed by atoms with E-state index in [1.165, 1.54) is 23.4 Å². The lowest BCUT2D eigenvalue weighted by Crippen LogP contribution is -2.46. The summed E-state index contributed by atoms with van der Waals surface area (Å²) in [6.07, 6.45) is 3.16. The Balaban J connectivity index is 1.70. The van der Waals surface area contributed by atoms with Gasteiger partial charge >= 0.3 is 0 Å². The summed E-state index contributed by atoms with van der Waals surface area (Å²) < 4.78 is 7.53. The van der Waals surface area contributed by atoms with Crippen LogP contribution in [0.3, 0.4) is 0 Å². The van der Waals surface area contributed by atoms with Crippen LogP contribution in [0.25, 0.3) is 0 Å². The second-order valence-electron chi connectivity index (χ2n) is 7.41. The molecule has 2 saturated heterocycles. The summed E-state index contributed by atoms with van der Waals surface area (Å²) >= 11 is 0. The number of aromatic nitrogens is 2. The van der Waals surface area contributed by atoms with Crippen molar-refractivity contribution in [1.29, 1.82) is 0 Å². The largest absolute Gasteiger partial charge is 0.379 e. The Hall–Kier alpha value is -1.60. The quantitative estimate of drug-likeness (QED) is 0.601. The number of rotatable bonds is 6. The zero-order valence-electron chi connectivity index (χ0n) is 17.5. The number of guanidine groups is 1. The first-order valence-corrected chi connectivity index (χ1v) is 10.6. The normalized spacial score (nSPS) is 21.9. The lowest BCUT2D eigenvalue weighted by Gasteiger charge is -2.32. The Labute approximate surface area is 163 Å². The molecule has 7 nitrogen and oxygen atoms in total. The average Bonchev–Trinajstić information content (AvgIpc) is 3.30. The van der Waals surface area contributed by atoms with Crippen LogP contribution < -0.4 is 5.32 Å². The number of ether oxygens (including phenoxy) is 1. The highest BCUT2D eigenvalue weighted by atomic mass is 16.5. The topological polar surface area (TPSA) is 57.9 Å². The Morgan fingerprint density at radius 1 is 1.19 bits per heavy atom. The van der Waals surface area contributed by atoms with Gasteiger partial charge in [-0.25, -0.2) is 4.99 Å². The van der Waals surface area contributed by atoms with Gasteiger partial charge in [0.25, 0.3) is 0 Å². The highest BCUT2D eigenvalue weighted by molar-refractivity contribution is 5.80. The van der Waals surface area contributed by atoms with Crippen molar-refractivity contribution in [1.82, 2.24) is 24.9 Å². The zero-order chi connectivity index (χ0) is 19.2. The van der Waals surface area contributed by atoms with Gasteiger partial charge in [0, 0.05) is 57.1 Å². The maximum absolute atomic E-state index is 5.51. The van der Waals surface area contributed by atoms with Crippen LogP contribution in [0, 0.1) is 0 Å². The fourth-order valence-electron chi connectivity index (χ4n) is 4.33. The number of aliphatic imine (C=N–C) groups is 1. The van der Waals surface area contributed by atoms with Gasteiger partial charge in [0.15, 0.2) is 5.96 Å². The minimum atomic E-state index is 0.619. The van der Waals surface area contributed by atoms with Gasteiger partial charge in [-0.1, -0.05) is 13.8 Å². The van der Waals surface area contributed by atoms with Crippen molar-refractivity contribution in [2.45, 2.75) is 52.6 Å². The lowest BCUT2D eigenvalue weighted by atomic mass is 10.1. The molecule has 1 unspecified atom stereocenters. The molecular weight excluding hydrogens is 340 g/mol. The van der Waals surface area contributed by atoms with E-state index < -0.39 is 0 Å². The van der Waals surface area contributed by atoms with Crippen molar-refractivity contribution < 1.29 is 4.74 Å². The molecule has 3 rings (SSSR count). The van der Waals surface area contributed by atoms with E-state index in [0.29, 0.717) is 12.6 Å². The van der Waals surface area contributed by atoms with Gasteiger partial charge in [-0.15, -0.1) is 0 Å². The molecule has 2 fully saturated rings. The van der Waals surface area contributed by atoms with Gasteiger partial charge in [0.05, 0.1) is 25.5 Å². The van der Waals surface area contributed by atoms with Crippen molar-refractivity contribution >= 4 is 5.96 Å². The summed E-state index contributed by atoms with van der Waals surface area (Å²) in [4.78, 5) is 10.0. The number of aryl methyl sites for hydroxylation is 2. The number of hydrogen-bond donors (Lipinski definition) is 1. The first kappa shape index (κ1) is 20.1. The second kappa shape index (κ2) is 9.55. The Morgan fingerprint density at radius 3 is 2.63 bits per heavy atom. The molecule has 7 heteroatoms. The second-order valence-corrected chi connectivity index (χ2v) is 7.41. The Kier molecular flexibility index (Phi) is 7.13. The van der Waals surface area contributed by atoms with E-state index in [1.807, 2.05) is 11.7 Å². The summed E-state index contributed by atoms with van der Waals surface area (Å²) in [5.74, 6) is 1.04. The molecule has 152 valence electrons. The van der Waals surface area contributed by atoms with E-state index in [9.17, 15) is 0 Å². The van der Waals surface area contributed by atoms with Crippen molar-refractivity contribution in [2.24, 2.45) is 12.0 Å². The molecule has 0 saturated carbocycles. The van der Waals surface area contributed by atoms with E-state index in [1.54, 1.807) is 0 Å². The number of nitrogens with zero attached hydrogens (tertiary/aromatic N) is 5. The summed E-state index contributed by atoms with van der Waals surface area (Å²) in [7, 11) is 2.05. The Morgan fingerprint density at radius 2 is 1.96 bits per heavy atom. The van der Waals surface area contributed by atoms with Crippen LogP contribution in [0.2, 0.25) is 0 Å². The zero-order valence-corrected chi connectivity index (χ0v) is 17.5. The monoisotopic (exact) mass is 376 g/mol. The molecule has 2 aliphatic heterocycles. The van der Waals surface area contributed by atoms with E-state index in [2.05, 4.69) is 41.0 Å². The molecule has 1 aromatic rings. The molecule has 0 aliphatic carbocycles. The standard InChI is InChI=1S/C20H36N6O/c1-5-18-17(19(6-2)24(4)23-18)14-22-20(21-7-3)26-9-8-16(15-26)25-10-12-27-13-11-25/h16H,5-15H2,1-4H3,(H,21,22). The number of nitrogens with one attached hydrogen (secondary N) is 1. The van der Waals surface area contributed by atoms with Crippen LogP contribution in [0.15, 0.2) is 4.99 Å². The smallest absolute Gasteiger partial charge is 0.194 e. The molecule has 1 aromatic heterocycles. The maximum atomic E-state index is 5.51. The van der Waals surface area contributed by atoms with E-state index >= 15 is 0 Å². The number of morpholine rings is 1. The minimum Gasteiger partial charge on any atom is -0.379 e. The van der Waals surface area contributed by atoms with E-state index in [-0.39, 0.29) is 0 Å². The predicted molar refractivity (Wildman–Crippen MR) is 109 cm³/mol. The van der Waals surface area contributed by atoms with Crippen molar-refractivity contribution in [3.8, 4) is 0 Å². The van der Waals surface area contributed by atoms with Gasteiger partial charge in [-0.2, -0.15) is 5.10 Å². The lowest BCUT2D eigenvalue weighted by molar-refractivity contribution is 0.0195. The molecule has 0 aromatic carbocycles. The molecule has 1 N–H and O–H groups in total. The van der Waals surface area contributed by atoms with Crippen molar-refractivity contribution in [3.63, 3.8) is 0 Å². The van der Waals surface area contributed by atoms with Gasteiger partial charge in [-0.3, -0.25) is 9.58 Å². The van der Waals surface area contributed by atoms with Crippen molar-refractivity contribution in [3.05, 3.63) is 17.0 Å². The first-order chi connectivity index (χ1) is 13.2. The molecule has 0 radical (unpaired) electrons. The molecular formula is C20H36N6O. The van der Waals surface area contributed by atoms with Crippen LogP contribution >= 0.6 is 0 Å². The van der Waals surface area contributed by atoms with Crippen molar-refractivity contribution in [2.75, 3.05) is 45.9 Å². The molecule has 0 spiro atoms. The van der Waals surface area contributed by atoms with E-state index in [0.717, 1.165) is 64.7 Å². The maximum Gasteiger partial charge on any atom is 0.194 e. The minimum absolute atomic E-state index is 0.619. The van der Waals surface area contributed by atoms with Gasteiger partial charge in [0.2, 0.25) is 0 Å². The molecule has 27 heavy (non-hydrogen) atoms. The first-order valence-electron chi connectivity index (χ1n) is 10.6. The molecule has 3 heterocycles. The fourth-order valence-corrected chi connectivity index (χ4v) is 4.33. The summed E-state index contributed by atoms with van der Waals surface area (Å²) in [5.41, 5.74) is 3.79. The number of likely N-dealkylation sites (tertiary alicyclic amines) is 1. The molecule has 1 atom stereocenters. The van der Waals surface area contributed by atoms with Gasteiger partial charge < -0.3 is 15.0 Å². The van der Waals surface area contributed by atoms with Crippen LogP contribution in [0.4, 0.5) is 0 Å². The third-order valence-electron chi connectivity index (χ3n) is 5.77. The van der Waals surface area contributed by atoms with Crippen LogP contribution in [0.5, 0.6) is 0 Å². The van der Waals surface area contributed by atoms with E-state index in [4.69, 9.17) is 9.73 Å². The third kappa shape index (κ3) is 4.63. The SMILES string of the molecule is CCNC(=NCc1c(CC)nn(C)c1CC)N1CCC(N2CCOCC2)C1. The average molecular weight is 377 g/mol. The van der Waals surface area contributed by atoms with Crippen LogP contribution in [-0.4, -0.2) is 77.5 Å². The van der Waals surface area contributed by atoms with Crippen LogP contribution in [-0.2, 0) is 31.2 Å². The van der Waals surface area contributed by atoms with Crippen LogP contribution in [0.1, 0.15) is 44.1 Å². The predicted octanol–water partition coefficient (Wildman–Crippen LogP) is 1.42. The summed E-state index contributed by atoms with van der Waals surface area (Å²) in [6, 6.07) is 0.619. The van der Waals surface area contributed by atoms with Gasteiger partial charge in [-0.05, 0) is 26.2 Å². The highest BCUT2D eigenvalue weighted by Gasteiger charge is 2.30. The third-order valence-corrected chi connectivity index (χ3v) is 5.77. The molecule has 0 amide bonds. The molecule has 0 bridgehead atoms. The summed E-state index contributed by atoms with van der Waals surface area (Å²) in [5, 5.41) is 8.20. The summed E-state index contributed by atoms with van der Waals surface area (Å²) in [6.45, 7) is 14.1. The van der Waals surface area contributed by atoms with Gasteiger partial charge in [0.1, 0.15) is 0 Å².